The van der Waals surface area contributed by atoms with Gasteiger partial charge in [0.2, 0.25) is 0 Å². The quantitative estimate of drug-likeness (QED) is 0.750. The van der Waals surface area contributed by atoms with Gasteiger partial charge in [-0.25, -0.2) is 0 Å². The van der Waals surface area contributed by atoms with E-state index in [-0.39, 0.29) is 5.03 Å². The van der Waals surface area contributed by atoms with Gasteiger partial charge < -0.3 is 0 Å². The third-order valence-electron chi connectivity index (χ3n) is 4.34. The van der Waals surface area contributed by atoms with Crippen molar-refractivity contribution >= 4 is 26.6 Å². The Balaban J connectivity index is 1.65. The lowest BCUT2D eigenvalue weighted by atomic mass is 9.85. The number of anilines is 1. The maximum atomic E-state index is 12.7. The summed E-state index contributed by atoms with van der Waals surface area (Å²) in [7, 11) is -3.69. The van der Waals surface area contributed by atoms with Crippen molar-refractivity contribution in [3.8, 4) is 0 Å². The van der Waals surface area contributed by atoms with Gasteiger partial charge in [-0.05, 0) is 37.0 Å². The van der Waals surface area contributed by atoms with Crippen LogP contribution in [0.4, 0.5) is 5.69 Å². The Morgan fingerprint density at radius 2 is 2.17 bits per heavy atom. The van der Waals surface area contributed by atoms with Crippen LogP contribution < -0.4 is 4.72 Å². The molecule has 1 aromatic carbocycles. The van der Waals surface area contributed by atoms with Crippen LogP contribution in [0.2, 0.25) is 0 Å². The summed E-state index contributed by atoms with van der Waals surface area (Å²) < 4.78 is 29.7. The number of nitrogens with one attached hydrogen (secondary N) is 2. The molecule has 1 fully saturated rings. The average Bonchev–Trinajstić information content (AvgIpc) is 3.12. The first kappa shape index (κ1) is 14.3. The highest BCUT2D eigenvalue weighted by Crippen LogP contribution is 2.29. The Morgan fingerprint density at radius 3 is 2.96 bits per heavy atom. The first-order chi connectivity index (χ1) is 11.1. The molecule has 8 heteroatoms. The molecule has 0 amide bonds. The average molecular weight is 331 g/mol. The van der Waals surface area contributed by atoms with E-state index in [1.54, 1.807) is 23.0 Å². The zero-order valence-electron chi connectivity index (χ0n) is 12.4. The minimum Gasteiger partial charge on any atom is -0.278 e. The van der Waals surface area contributed by atoms with E-state index in [2.05, 4.69) is 20.0 Å². The SMILES string of the molecule is O=S(=O)(Nc1cccc2[nH]ncc12)c1ccnn1CC1CCC1. The van der Waals surface area contributed by atoms with Crippen molar-refractivity contribution in [1.82, 2.24) is 20.0 Å². The zero-order chi connectivity index (χ0) is 15.9. The van der Waals surface area contributed by atoms with Gasteiger partial charge in [-0.1, -0.05) is 12.5 Å². The molecule has 0 bridgehead atoms. The van der Waals surface area contributed by atoms with Crippen molar-refractivity contribution in [3.05, 3.63) is 36.7 Å². The Morgan fingerprint density at radius 1 is 1.30 bits per heavy atom. The molecule has 23 heavy (non-hydrogen) atoms. The Bertz CT molecular complexity index is 940. The lowest BCUT2D eigenvalue weighted by molar-refractivity contribution is 0.258. The highest BCUT2D eigenvalue weighted by Gasteiger charge is 2.24. The predicted molar refractivity (Wildman–Crippen MR) is 86.5 cm³/mol. The van der Waals surface area contributed by atoms with E-state index in [1.165, 1.54) is 18.7 Å². The summed E-state index contributed by atoms with van der Waals surface area (Å²) in [6, 6.07) is 6.89. The van der Waals surface area contributed by atoms with Crippen molar-refractivity contribution in [1.29, 1.82) is 0 Å². The first-order valence-corrected chi connectivity index (χ1v) is 9.08. The second-order valence-electron chi connectivity index (χ2n) is 5.89. The third-order valence-corrected chi connectivity index (χ3v) is 5.72. The van der Waals surface area contributed by atoms with Gasteiger partial charge in [0.15, 0.2) is 5.03 Å². The number of aromatic nitrogens is 4. The van der Waals surface area contributed by atoms with Gasteiger partial charge in [0, 0.05) is 11.9 Å². The molecule has 120 valence electrons. The van der Waals surface area contributed by atoms with Gasteiger partial charge in [-0.2, -0.15) is 18.6 Å². The molecule has 0 spiro atoms. The standard InChI is InChI=1S/C15H17N5O2S/c21-23(22,15-7-8-17-20(15)10-11-3-1-4-11)19-14-6-2-5-13-12(14)9-16-18-13/h2,5-9,11,19H,1,3-4,10H2,(H,16,18). The Kier molecular flexibility index (Phi) is 3.33. The van der Waals surface area contributed by atoms with E-state index >= 15 is 0 Å². The van der Waals surface area contributed by atoms with Crippen molar-refractivity contribution < 1.29 is 8.42 Å². The number of aromatic amines is 1. The van der Waals surface area contributed by atoms with Gasteiger partial charge in [0.05, 0.1) is 23.6 Å². The number of hydrogen-bond donors (Lipinski definition) is 2. The number of hydrogen-bond acceptors (Lipinski definition) is 4. The molecule has 0 aliphatic heterocycles. The van der Waals surface area contributed by atoms with Crippen molar-refractivity contribution in [2.45, 2.75) is 30.8 Å². The summed E-state index contributed by atoms with van der Waals surface area (Å²) in [4.78, 5) is 0. The van der Waals surface area contributed by atoms with Crippen LogP contribution in [0, 0.1) is 5.92 Å². The van der Waals surface area contributed by atoms with E-state index in [1.807, 2.05) is 6.07 Å². The van der Waals surface area contributed by atoms with Crippen LogP contribution in [0.5, 0.6) is 0 Å². The molecule has 0 atom stereocenters. The summed E-state index contributed by atoms with van der Waals surface area (Å²) >= 11 is 0. The summed E-state index contributed by atoms with van der Waals surface area (Å²) in [5, 5.41) is 11.9. The van der Waals surface area contributed by atoms with E-state index in [0.29, 0.717) is 18.2 Å². The highest BCUT2D eigenvalue weighted by atomic mass is 32.2. The highest BCUT2D eigenvalue weighted by molar-refractivity contribution is 7.92. The number of rotatable bonds is 5. The van der Waals surface area contributed by atoms with Crippen LogP contribution in [0.25, 0.3) is 10.9 Å². The fourth-order valence-corrected chi connectivity index (χ4v) is 4.07. The van der Waals surface area contributed by atoms with Gasteiger partial charge in [-0.15, -0.1) is 0 Å². The topological polar surface area (TPSA) is 92.7 Å². The number of benzene rings is 1. The van der Waals surface area contributed by atoms with E-state index in [4.69, 9.17) is 0 Å². The fourth-order valence-electron chi connectivity index (χ4n) is 2.86. The molecule has 1 aliphatic carbocycles. The molecule has 0 radical (unpaired) electrons. The fraction of sp³-hybridized carbons (Fsp3) is 0.333. The smallest absolute Gasteiger partial charge is 0.278 e. The lowest BCUT2D eigenvalue weighted by Gasteiger charge is -2.25. The van der Waals surface area contributed by atoms with Crippen LogP contribution in [0.15, 0.2) is 41.7 Å². The Labute approximate surface area is 133 Å². The van der Waals surface area contributed by atoms with Crippen LogP contribution in [-0.2, 0) is 16.6 Å². The second kappa shape index (κ2) is 5.38. The molecule has 1 saturated carbocycles. The molecule has 2 aromatic heterocycles. The molecule has 0 saturated heterocycles. The summed E-state index contributed by atoms with van der Waals surface area (Å²) in [5.41, 5.74) is 1.29. The second-order valence-corrected chi connectivity index (χ2v) is 7.52. The van der Waals surface area contributed by atoms with Gasteiger partial charge in [-0.3, -0.25) is 14.5 Å². The predicted octanol–water partition coefficient (Wildman–Crippen LogP) is 2.36. The summed E-state index contributed by atoms with van der Waals surface area (Å²) in [6.07, 6.45) is 6.64. The molecule has 3 aromatic rings. The van der Waals surface area contributed by atoms with E-state index in [0.717, 1.165) is 23.7 Å². The molecule has 2 N–H and O–H groups in total. The molecular weight excluding hydrogens is 314 g/mol. The molecule has 0 unspecified atom stereocenters. The monoisotopic (exact) mass is 331 g/mol. The lowest BCUT2D eigenvalue weighted by Crippen LogP contribution is -2.23. The minimum atomic E-state index is -3.69. The number of sulfonamides is 1. The normalized spacial score (nSPS) is 15.7. The van der Waals surface area contributed by atoms with Crippen LogP contribution in [0.1, 0.15) is 19.3 Å². The van der Waals surface area contributed by atoms with E-state index < -0.39 is 10.0 Å². The number of fused-ring (bicyclic) bond motifs is 1. The number of nitrogens with zero attached hydrogens (tertiary/aromatic N) is 3. The number of H-pyrrole nitrogens is 1. The van der Waals surface area contributed by atoms with Crippen molar-refractivity contribution in [2.24, 2.45) is 5.92 Å². The first-order valence-electron chi connectivity index (χ1n) is 7.60. The van der Waals surface area contributed by atoms with Gasteiger partial charge >= 0.3 is 0 Å². The molecular formula is C15H17N5O2S. The molecule has 4 rings (SSSR count). The van der Waals surface area contributed by atoms with E-state index in [9.17, 15) is 8.42 Å². The zero-order valence-corrected chi connectivity index (χ0v) is 13.3. The molecule has 1 aliphatic rings. The summed E-state index contributed by atoms with van der Waals surface area (Å²) in [6.45, 7) is 0.652. The summed E-state index contributed by atoms with van der Waals surface area (Å²) in [5.74, 6) is 0.529. The molecule has 2 heterocycles. The van der Waals surface area contributed by atoms with Crippen LogP contribution in [-0.4, -0.2) is 28.4 Å². The molecule has 7 nitrogen and oxygen atoms in total. The largest absolute Gasteiger partial charge is 0.279 e. The maximum absolute atomic E-state index is 12.7. The van der Waals surface area contributed by atoms with Crippen molar-refractivity contribution in [3.63, 3.8) is 0 Å². The van der Waals surface area contributed by atoms with Crippen LogP contribution in [0.3, 0.4) is 0 Å². The maximum Gasteiger partial charge on any atom is 0.279 e. The van der Waals surface area contributed by atoms with Crippen LogP contribution >= 0.6 is 0 Å². The Hall–Kier alpha value is -2.35. The van der Waals surface area contributed by atoms with Gasteiger partial charge in [0.25, 0.3) is 10.0 Å². The minimum absolute atomic E-state index is 0.199. The van der Waals surface area contributed by atoms with Gasteiger partial charge in [0.1, 0.15) is 0 Å². The third kappa shape index (κ3) is 2.59. The van der Waals surface area contributed by atoms with Crippen molar-refractivity contribution in [2.75, 3.05) is 4.72 Å².